The molecular weight excluding hydrogens is 330 g/mol. The van der Waals surface area contributed by atoms with Crippen molar-refractivity contribution < 1.29 is 18.7 Å². The third-order valence-electron chi connectivity index (χ3n) is 3.76. The molecule has 26 heavy (non-hydrogen) atoms. The first kappa shape index (κ1) is 17.6. The number of carbonyl (C=O) groups excluding carboxylic acids is 1. The Hall–Kier alpha value is -3.21. The topological polar surface area (TPSA) is 60.7 Å². The van der Waals surface area contributed by atoms with Crippen LogP contribution in [-0.2, 0) is 13.2 Å². The van der Waals surface area contributed by atoms with Crippen molar-refractivity contribution in [2.24, 2.45) is 0 Å². The quantitative estimate of drug-likeness (QED) is 0.661. The van der Waals surface area contributed by atoms with E-state index in [0.717, 1.165) is 11.3 Å². The lowest BCUT2D eigenvalue weighted by Gasteiger charge is -2.13. The van der Waals surface area contributed by atoms with Crippen LogP contribution in [0.1, 0.15) is 28.6 Å². The van der Waals surface area contributed by atoms with Gasteiger partial charge in [0.1, 0.15) is 23.9 Å². The van der Waals surface area contributed by atoms with E-state index < -0.39 is 0 Å². The van der Waals surface area contributed by atoms with Gasteiger partial charge in [0.15, 0.2) is 0 Å². The molecule has 5 nitrogen and oxygen atoms in total. The zero-order chi connectivity index (χ0) is 18.2. The van der Waals surface area contributed by atoms with E-state index in [4.69, 9.17) is 13.9 Å². The summed E-state index contributed by atoms with van der Waals surface area (Å²) in [6, 6.07) is 18.5. The second kappa shape index (κ2) is 8.76. The molecule has 0 aliphatic carbocycles. The van der Waals surface area contributed by atoms with Crippen LogP contribution in [0.5, 0.6) is 11.5 Å². The lowest BCUT2D eigenvalue weighted by molar-refractivity contribution is 0.0948. The number of amides is 1. The van der Waals surface area contributed by atoms with E-state index in [1.54, 1.807) is 30.5 Å². The Morgan fingerprint density at radius 2 is 1.88 bits per heavy atom. The molecule has 0 radical (unpaired) electrons. The highest BCUT2D eigenvalue weighted by molar-refractivity contribution is 5.94. The van der Waals surface area contributed by atoms with Crippen molar-refractivity contribution >= 4 is 5.91 Å². The summed E-state index contributed by atoms with van der Waals surface area (Å²) in [4.78, 5) is 12.4. The Bertz CT molecular complexity index is 828. The number of furan rings is 1. The van der Waals surface area contributed by atoms with E-state index in [2.05, 4.69) is 5.32 Å². The van der Waals surface area contributed by atoms with Gasteiger partial charge in [-0.3, -0.25) is 4.79 Å². The predicted octanol–water partition coefficient (Wildman–Crippen LogP) is 4.19. The summed E-state index contributed by atoms with van der Waals surface area (Å²) in [5, 5.41) is 2.84. The van der Waals surface area contributed by atoms with Gasteiger partial charge in [0, 0.05) is 11.1 Å². The Morgan fingerprint density at radius 3 is 2.62 bits per heavy atom. The monoisotopic (exact) mass is 351 g/mol. The van der Waals surface area contributed by atoms with Crippen molar-refractivity contribution in [3.05, 3.63) is 83.8 Å². The molecule has 0 aliphatic rings. The molecule has 0 bridgehead atoms. The maximum absolute atomic E-state index is 12.4. The predicted molar refractivity (Wildman–Crippen MR) is 98.3 cm³/mol. The van der Waals surface area contributed by atoms with Gasteiger partial charge in [-0.05, 0) is 49.4 Å². The molecule has 5 heteroatoms. The molecule has 0 aliphatic heterocycles. The van der Waals surface area contributed by atoms with Crippen LogP contribution in [0.3, 0.4) is 0 Å². The summed E-state index contributed by atoms with van der Waals surface area (Å²) in [6.07, 6.45) is 1.58. The fourth-order valence-corrected chi connectivity index (χ4v) is 2.49. The van der Waals surface area contributed by atoms with Crippen molar-refractivity contribution in [3.63, 3.8) is 0 Å². The van der Waals surface area contributed by atoms with Crippen LogP contribution >= 0.6 is 0 Å². The Kier molecular flexibility index (Phi) is 5.93. The van der Waals surface area contributed by atoms with Gasteiger partial charge in [0.25, 0.3) is 5.91 Å². The minimum atomic E-state index is -0.176. The van der Waals surface area contributed by atoms with Crippen LogP contribution in [0.2, 0.25) is 0 Å². The average Bonchev–Trinajstić information content (AvgIpc) is 3.20. The zero-order valence-electron chi connectivity index (χ0n) is 14.6. The highest BCUT2D eigenvalue weighted by Gasteiger charge is 2.12. The molecule has 1 N–H and O–H groups in total. The van der Waals surface area contributed by atoms with Gasteiger partial charge in [-0.2, -0.15) is 0 Å². The summed E-state index contributed by atoms with van der Waals surface area (Å²) < 4.78 is 16.7. The number of para-hydroxylation sites is 1. The molecule has 0 atom stereocenters. The van der Waals surface area contributed by atoms with Gasteiger partial charge in [0.05, 0.1) is 19.4 Å². The summed E-state index contributed by atoms with van der Waals surface area (Å²) in [6.45, 7) is 3.13. The lowest BCUT2D eigenvalue weighted by Crippen LogP contribution is -2.22. The molecule has 0 spiro atoms. The van der Waals surface area contributed by atoms with Crippen LogP contribution in [0.4, 0.5) is 0 Å². The van der Waals surface area contributed by atoms with E-state index >= 15 is 0 Å². The van der Waals surface area contributed by atoms with Crippen molar-refractivity contribution in [2.45, 2.75) is 20.1 Å². The molecule has 134 valence electrons. The van der Waals surface area contributed by atoms with Crippen molar-refractivity contribution in [2.75, 3.05) is 6.61 Å². The largest absolute Gasteiger partial charge is 0.493 e. The lowest BCUT2D eigenvalue weighted by atomic mass is 10.1. The number of hydrogen-bond acceptors (Lipinski definition) is 4. The molecule has 3 aromatic rings. The van der Waals surface area contributed by atoms with Crippen molar-refractivity contribution in [1.29, 1.82) is 0 Å². The highest BCUT2D eigenvalue weighted by Crippen LogP contribution is 2.23. The number of hydrogen-bond donors (Lipinski definition) is 1. The van der Waals surface area contributed by atoms with Gasteiger partial charge < -0.3 is 19.2 Å². The standard InChI is InChI=1S/C21H21NO4/c1-2-24-20-11-10-16(21(23)22-14-19-9-6-12-25-19)13-17(20)15-26-18-7-4-3-5-8-18/h3-13H,2,14-15H2,1H3,(H,22,23). The van der Waals surface area contributed by atoms with Crippen LogP contribution in [0.25, 0.3) is 0 Å². The Balaban J connectivity index is 1.71. The number of carbonyl (C=O) groups is 1. The first-order chi connectivity index (χ1) is 12.8. The third kappa shape index (κ3) is 4.66. The first-order valence-electron chi connectivity index (χ1n) is 8.50. The molecule has 0 saturated heterocycles. The summed E-state index contributed by atoms with van der Waals surface area (Å²) in [7, 11) is 0. The number of ether oxygens (including phenoxy) is 2. The minimum Gasteiger partial charge on any atom is -0.493 e. The van der Waals surface area contributed by atoms with Crippen LogP contribution in [-0.4, -0.2) is 12.5 Å². The molecule has 0 fully saturated rings. The maximum atomic E-state index is 12.4. The van der Waals surface area contributed by atoms with E-state index in [1.807, 2.05) is 43.3 Å². The number of rotatable bonds is 8. The van der Waals surface area contributed by atoms with E-state index in [0.29, 0.717) is 36.8 Å². The molecule has 0 saturated carbocycles. The fourth-order valence-electron chi connectivity index (χ4n) is 2.49. The van der Waals surface area contributed by atoms with Crippen molar-refractivity contribution in [3.8, 4) is 11.5 Å². The molecular formula is C21H21NO4. The van der Waals surface area contributed by atoms with Crippen LogP contribution in [0, 0.1) is 0 Å². The van der Waals surface area contributed by atoms with E-state index in [9.17, 15) is 4.79 Å². The Morgan fingerprint density at radius 1 is 1.04 bits per heavy atom. The average molecular weight is 351 g/mol. The van der Waals surface area contributed by atoms with Gasteiger partial charge in [-0.1, -0.05) is 18.2 Å². The van der Waals surface area contributed by atoms with Gasteiger partial charge in [-0.15, -0.1) is 0 Å². The van der Waals surface area contributed by atoms with Gasteiger partial charge in [-0.25, -0.2) is 0 Å². The smallest absolute Gasteiger partial charge is 0.251 e. The Labute approximate surface area is 152 Å². The summed E-state index contributed by atoms with van der Waals surface area (Å²) in [5.74, 6) is 2.01. The molecule has 1 heterocycles. The first-order valence-corrected chi connectivity index (χ1v) is 8.50. The number of nitrogens with one attached hydrogen (secondary N) is 1. The number of benzene rings is 2. The summed E-state index contributed by atoms with van der Waals surface area (Å²) in [5.41, 5.74) is 1.37. The van der Waals surface area contributed by atoms with Crippen LogP contribution < -0.4 is 14.8 Å². The van der Waals surface area contributed by atoms with Gasteiger partial charge in [0.2, 0.25) is 0 Å². The molecule has 0 unspecified atom stereocenters. The normalized spacial score (nSPS) is 10.3. The maximum Gasteiger partial charge on any atom is 0.251 e. The second-order valence-electron chi connectivity index (χ2n) is 5.62. The minimum absolute atomic E-state index is 0.176. The van der Waals surface area contributed by atoms with Crippen LogP contribution in [0.15, 0.2) is 71.3 Å². The second-order valence-corrected chi connectivity index (χ2v) is 5.62. The van der Waals surface area contributed by atoms with Gasteiger partial charge >= 0.3 is 0 Å². The fraction of sp³-hybridized carbons (Fsp3) is 0.190. The third-order valence-corrected chi connectivity index (χ3v) is 3.76. The van der Waals surface area contributed by atoms with E-state index in [1.165, 1.54) is 0 Å². The molecule has 1 aromatic heterocycles. The molecule has 2 aromatic carbocycles. The zero-order valence-corrected chi connectivity index (χ0v) is 14.6. The molecule has 1 amide bonds. The summed E-state index contributed by atoms with van der Waals surface area (Å²) >= 11 is 0. The van der Waals surface area contributed by atoms with E-state index in [-0.39, 0.29) is 5.91 Å². The molecule has 3 rings (SSSR count). The highest BCUT2D eigenvalue weighted by atomic mass is 16.5. The van der Waals surface area contributed by atoms with Crippen molar-refractivity contribution in [1.82, 2.24) is 5.32 Å². The SMILES string of the molecule is CCOc1ccc(C(=O)NCc2ccco2)cc1COc1ccccc1.